The van der Waals surface area contributed by atoms with E-state index >= 15 is 0 Å². The molecule has 1 atom stereocenters. The maximum atomic E-state index is 12.0. The first-order valence-corrected chi connectivity index (χ1v) is 6.98. The summed E-state index contributed by atoms with van der Waals surface area (Å²) in [5.41, 5.74) is 0. The Morgan fingerprint density at radius 1 is 1.44 bits per heavy atom. The van der Waals surface area contributed by atoms with E-state index in [2.05, 4.69) is 9.46 Å². The Balaban J connectivity index is 2.97. The fourth-order valence-corrected chi connectivity index (χ4v) is 2.84. The molecule has 0 radical (unpaired) electrons. The fraction of sp³-hybridized carbons (Fsp3) is 0.545. The van der Waals surface area contributed by atoms with Crippen molar-refractivity contribution in [2.45, 2.75) is 24.8 Å². The van der Waals surface area contributed by atoms with E-state index in [1.807, 2.05) is 0 Å². The van der Waals surface area contributed by atoms with E-state index in [1.54, 1.807) is 31.7 Å². The molecule has 1 aromatic rings. The molecule has 6 nitrogen and oxygen atoms in total. The van der Waals surface area contributed by atoms with Crippen LogP contribution in [0.25, 0.3) is 0 Å². The molecule has 18 heavy (non-hydrogen) atoms. The summed E-state index contributed by atoms with van der Waals surface area (Å²) in [6.45, 7) is 3.49. The lowest BCUT2D eigenvalue weighted by atomic mass is 10.1. The number of nitrogens with zero attached hydrogens (tertiary/aromatic N) is 1. The molecule has 7 heteroatoms. The van der Waals surface area contributed by atoms with E-state index in [-0.39, 0.29) is 10.8 Å². The molecule has 0 saturated heterocycles. The molecule has 0 aliphatic carbocycles. The van der Waals surface area contributed by atoms with Crippen LogP contribution in [0, 0.1) is 5.92 Å². The van der Waals surface area contributed by atoms with Crippen LogP contribution in [-0.4, -0.2) is 32.1 Å². The van der Waals surface area contributed by atoms with Gasteiger partial charge in [-0.2, -0.15) is 4.72 Å². The number of carbonyl (C=O) groups is 1. The van der Waals surface area contributed by atoms with E-state index in [0.717, 1.165) is 0 Å². The molecule has 0 aromatic carbocycles. The predicted octanol–water partition coefficient (Wildman–Crippen LogP) is 0.501. The summed E-state index contributed by atoms with van der Waals surface area (Å²) in [5, 5.41) is 0. The molecule has 1 N–H and O–H groups in total. The van der Waals surface area contributed by atoms with Gasteiger partial charge >= 0.3 is 5.97 Å². The van der Waals surface area contributed by atoms with Crippen LogP contribution in [0.1, 0.15) is 13.8 Å². The third-order valence-electron chi connectivity index (χ3n) is 2.52. The second-order valence-corrected chi connectivity index (χ2v) is 6.09. The number of ether oxygens (including phenoxy) is 1. The van der Waals surface area contributed by atoms with Crippen molar-refractivity contribution in [1.82, 2.24) is 9.29 Å². The zero-order chi connectivity index (χ0) is 13.9. The number of methoxy groups -OCH3 is 1. The molecule has 102 valence electrons. The predicted molar refractivity (Wildman–Crippen MR) is 66.4 cm³/mol. The lowest BCUT2D eigenvalue weighted by molar-refractivity contribution is -0.143. The van der Waals surface area contributed by atoms with Gasteiger partial charge in [0, 0.05) is 19.4 Å². The standard InChI is InChI=1S/C11H18N2O4S/c1-8(2)10(11(14)17-4)12-18(15,16)9-5-6-13(3)7-9/h5-8,10,12H,1-4H3. The number of nitrogens with one attached hydrogen (secondary N) is 1. The van der Waals surface area contributed by atoms with Crippen molar-refractivity contribution in [3.05, 3.63) is 18.5 Å². The molecule has 0 saturated carbocycles. The minimum Gasteiger partial charge on any atom is -0.468 e. The average Bonchev–Trinajstić information content (AvgIpc) is 2.72. The molecule has 1 rings (SSSR count). The summed E-state index contributed by atoms with van der Waals surface area (Å²) < 4.78 is 32.7. The van der Waals surface area contributed by atoms with Crippen LogP contribution in [-0.2, 0) is 26.6 Å². The number of hydrogen-bond donors (Lipinski definition) is 1. The topological polar surface area (TPSA) is 77.4 Å². The minimum atomic E-state index is -3.71. The first kappa shape index (κ1) is 14.7. The van der Waals surface area contributed by atoms with Crippen LogP contribution in [0.3, 0.4) is 0 Å². The summed E-state index contributed by atoms with van der Waals surface area (Å²) in [6.07, 6.45) is 3.09. The zero-order valence-electron chi connectivity index (χ0n) is 10.9. The first-order chi connectivity index (χ1) is 8.27. The molecule has 0 bridgehead atoms. The summed E-state index contributed by atoms with van der Waals surface area (Å²) in [4.78, 5) is 11.6. The van der Waals surface area contributed by atoms with Crippen molar-refractivity contribution in [2.24, 2.45) is 13.0 Å². The second-order valence-electron chi connectivity index (χ2n) is 4.38. The molecule has 1 aromatic heterocycles. The maximum Gasteiger partial charge on any atom is 0.324 e. The van der Waals surface area contributed by atoms with Gasteiger partial charge in [-0.25, -0.2) is 8.42 Å². The van der Waals surface area contributed by atoms with E-state index in [0.29, 0.717) is 0 Å². The van der Waals surface area contributed by atoms with Gasteiger partial charge in [0.15, 0.2) is 0 Å². The summed E-state index contributed by atoms with van der Waals surface area (Å²) in [6, 6.07) is 0.581. The smallest absolute Gasteiger partial charge is 0.324 e. The normalized spacial score (nSPS) is 13.6. The number of aromatic nitrogens is 1. The Kier molecular flexibility index (Phi) is 4.53. The van der Waals surface area contributed by atoms with Crippen molar-refractivity contribution in [2.75, 3.05) is 7.11 Å². The van der Waals surface area contributed by atoms with Crippen LogP contribution < -0.4 is 4.72 Å². The maximum absolute atomic E-state index is 12.0. The van der Waals surface area contributed by atoms with Crippen molar-refractivity contribution in [3.63, 3.8) is 0 Å². The number of carbonyl (C=O) groups excluding carboxylic acids is 1. The van der Waals surface area contributed by atoms with Gasteiger partial charge in [-0.3, -0.25) is 4.79 Å². The Hall–Kier alpha value is -1.34. The first-order valence-electron chi connectivity index (χ1n) is 5.50. The van der Waals surface area contributed by atoms with Crippen molar-refractivity contribution in [3.8, 4) is 0 Å². The molecule has 0 aliphatic rings. The van der Waals surface area contributed by atoms with Crippen LogP contribution in [0.2, 0.25) is 0 Å². The van der Waals surface area contributed by atoms with E-state index < -0.39 is 22.0 Å². The highest BCUT2D eigenvalue weighted by Crippen LogP contribution is 2.12. The summed E-state index contributed by atoms with van der Waals surface area (Å²) >= 11 is 0. The van der Waals surface area contributed by atoms with Crippen molar-refractivity contribution < 1.29 is 17.9 Å². The SMILES string of the molecule is COC(=O)C(NS(=O)(=O)c1ccn(C)c1)C(C)C. The number of aryl methyl sites for hydroxylation is 1. The Labute approximate surface area is 107 Å². The van der Waals surface area contributed by atoms with Crippen molar-refractivity contribution in [1.29, 1.82) is 0 Å². The van der Waals surface area contributed by atoms with E-state index in [4.69, 9.17) is 0 Å². The third-order valence-corrected chi connectivity index (χ3v) is 3.95. The Bertz CT molecular complexity index is 519. The fourth-order valence-electron chi connectivity index (χ4n) is 1.46. The quantitative estimate of drug-likeness (QED) is 0.793. The molecule has 1 unspecified atom stereocenters. The second kappa shape index (κ2) is 5.53. The molecule has 1 heterocycles. The van der Waals surface area contributed by atoms with Gasteiger partial charge in [-0.05, 0) is 12.0 Å². The number of esters is 1. The Morgan fingerprint density at radius 2 is 2.06 bits per heavy atom. The number of rotatable bonds is 5. The number of sulfonamides is 1. The van der Waals surface area contributed by atoms with Gasteiger partial charge in [0.05, 0.1) is 12.0 Å². The van der Waals surface area contributed by atoms with Crippen LogP contribution in [0.4, 0.5) is 0 Å². The Morgan fingerprint density at radius 3 is 2.44 bits per heavy atom. The summed E-state index contributed by atoms with van der Waals surface area (Å²) in [5.74, 6) is -0.791. The van der Waals surface area contributed by atoms with Crippen LogP contribution in [0.15, 0.2) is 23.4 Å². The monoisotopic (exact) mass is 274 g/mol. The molecular formula is C11H18N2O4S. The summed E-state index contributed by atoms with van der Waals surface area (Å²) in [7, 11) is -0.758. The lowest BCUT2D eigenvalue weighted by Gasteiger charge is -2.19. The highest BCUT2D eigenvalue weighted by Gasteiger charge is 2.29. The minimum absolute atomic E-state index is 0.125. The van der Waals surface area contributed by atoms with Gasteiger partial charge in [-0.15, -0.1) is 0 Å². The van der Waals surface area contributed by atoms with Gasteiger partial charge in [-0.1, -0.05) is 13.8 Å². The molecule has 0 amide bonds. The van der Waals surface area contributed by atoms with Gasteiger partial charge < -0.3 is 9.30 Å². The van der Waals surface area contributed by atoms with Crippen molar-refractivity contribution >= 4 is 16.0 Å². The molecule has 0 aliphatic heterocycles. The third kappa shape index (κ3) is 3.33. The highest BCUT2D eigenvalue weighted by molar-refractivity contribution is 7.89. The van der Waals surface area contributed by atoms with Gasteiger partial charge in [0.1, 0.15) is 6.04 Å². The van der Waals surface area contributed by atoms with E-state index in [9.17, 15) is 13.2 Å². The molecule has 0 fully saturated rings. The largest absolute Gasteiger partial charge is 0.468 e. The van der Waals surface area contributed by atoms with Crippen LogP contribution >= 0.6 is 0 Å². The average molecular weight is 274 g/mol. The van der Waals surface area contributed by atoms with Gasteiger partial charge in [0.25, 0.3) is 0 Å². The highest BCUT2D eigenvalue weighted by atomic mass is 32.2. The lowest BCUT2D eigenvalue weighted by Crippen LogP contribution is -2.44. The number of hydrogen-bond acceptors (Lipinski definition) is 4. The van der Waals surface area contributed by atoms with E-state index in [1.165, 1.54) is 19.4 Å². The van der Waals surface area contributed by atoms with Crippen LogP contribution in [0.5, 0.6) is 0 Å². The van der Waals surface area contributed by atoms with Gasteiger partial charge in [0.2, 0.25) is 10.0 Å². The zero-order valence-corrected chi connectivity index (χ0v) is 11.7. The molecule has 0 spiro atoms. The molecular weight excluding hydrogens is 256 g/mol.